The standard InChI is InChI=1S/C22H34N2O5/c1-22(2,3)29-21(26)23(4)15-17-8-7-11-24(16-17)20(25)18-9-6-10-19(14-18)28-13-12-27-5/h6,9-10,14,17H,7-8,11-13,15-16H2,1-5H3. The molecule has 7 heteroatoms. The van der Waals surface area contributed by atoms with Gasteiger partial charge in [-0.05, 0) is 57.7 Å². The molecule has 1 fully saturated rings. The molecule has 0 N–H and O–H groups in total. The summed E-state index contributed by atoms with van der Waals surface area (Å²) in [7, 11) is 3.37. The van der Waals surface area contributed by atoms with Crippen LogP contribution in [0.4, 0.5) is 4.79 Å². The molecule has 0 saturated carbocycles. The van der Waals surface area contributed by atoms with Crippen LogP contribution < -0.4 is 4.74 Å². The van der Waals surface area contributed by atoms with Crippen molar-refractivity contribution in [3.8, 4) is 5.75 Å². The van der Waals surface area contributed by atoms with Crippen molar-refractivity contribution in [1.82, 2.24) is 9.80 Å². The van der Waals surface area contributed by atoms with Crippen LogP contribution in [-0.2, 0) is 9.47 Å². The highest BCUT2D eigenvalue weighted by atomic mass is 16.6. The zero-order valence-corrected chi connectivity index (χ0v) is 18.3. The maximum absolute atomic E-state index is 13.0. The summed E-state index contributed by atoms with van der Waals surface area (Å²) in [5.41, 5.74) is 0.0945. The second-order valence-electron chi connectivity index (χ2n) is 8.49. The molecular weight excluding hydrogens is 372 g/mol. The Kier molecular flexibility index (Phi) is 8.32. The van der Waals surface area contributed by atoms with E-state index in [1.54, 1.807) is 25.1 Å². The van der Waals surface area contributed by atoms with E-state index in [2.05, 4.69) is 0 Å². The van der Waals surface area contributed by atoms with Gasteiger partial charge < -0.3 is 24.0 Å². The van der Waals surface area contributed by atoms with Crippen LogP contribution in [0.5, 0.6) is 5.75 Å². The fourth-order valence-electron chi connectivity index (χ4n) is 3.34. The van der Waals surface area contributed by atoms with E-state index in [-0.39, 0.29) is 17.9 Å². The average Bonchev–Trinajstić information content (AvgIpc) is 2.67. The third-order valence-corrected chi connectivity index (χ3v) is 4.68. The van der Waals surface area contributed by atoms with Gasteiger partial charge in [-0.15, -0.1) is 0 Å². The molecule has 162 valence electrons. The molecule has 0 radical (unpaired) electrons. The van der Waals surface area contributed by atoms with Gasteiger partial charge in [0.15, 0.2) is 0 Å². The summed E-state index contributed by atoms with van der Waals surface area (Å²) in [6.45, 7) is 8.42. The number of benzene rings is 1. The van der Waals surface area contributed by atoms with E-state index in [0.717, 1.165) is 19.4 Å². The molecule has 0 bridgehead atoms. The molecule has 0 aliphatic carbocycles. The molecular formula is C22H34N2O5. The minimum absolute atomic E-state index is 0.00758. The van der Waals surface area contributed by atoms with Crippen LogP contribution in [-0.4, -0.2) is 74.4 Å². The monoisotopic (exact) mass is 406 g/mol. The molecule has 0 spiro atoms. The van der Waals surface area contributed by atoms with Crippen LogP contribution in [0.15, 0.2) is 24.3 Å². The third kappa shape index (κ3) is 7.57. The van der Waals surface area contributed by atoms with E-state index < -0.39 is 5.60 Å². The molecule has 1 saturated heterocycles. The quantitative estimate of drug-likeness (QED) is 0.649. The van der Waals surface area contributed by atoms with Crippen molar-refractivity contribution >= 4 is 12.0 Å². The number of piperidine rings is 1. The van der Waals surface area contributed by atoms with Gasteiger partial charge in [-0.3, -0.25) is 4.79 Å². The normalized spacial score (nSPS) is 17.0. The first-order valence-electron chi connectivity index (χ1n) is 10.1. The minimum atomic E-state index is -0.518. The lowest BCUT2D eigenvalue weighted by Gasteiger charge is -2.35. The van der Waals surface area contributed by atoms with Gasteiger partial charge in [0.25, 0.3) is 5.91 Å². The SMILES string of the molecule is COCCOc1cccc(C(=O)N2CCCC(CN(C)C(=O)OC(C)(C)C)C2)c1. The lowest BCUT2D eigenvalue weighted by atomic mass is 9.97. The molecule has 2 amide bonds. The molecule has 1 unspecified atom stereocenters. The van der Waals surface area contributed by atoms with Crippen LogP contribution in [0.25, 0.3) is 0 Å². The Balaban J connectivity index is 1.93. The van der Waals surface area contributed by atoms with Crippen molar-refractivity contribution in [2.45, 2.75) is 39.2 Å². The summed E-state index contributed by atoms with van der Waals surface area (Å²) in [5.74, 6) is 0.879. The molecule has 1 aliphatic rings. The molecule has 1 heterocycles. The van der Waals surface area contributed by atoms with E-state index >= 15 is 0 Å². The summed E-state index contributed by atoms with van der Waals surface area (Å²) in [6, 6.07) is 7.24. The number of carbonyl (C=O) groups is 2. The highest BCUT2D eigenvalue weighted by Crippen LogP contribution is 2.22. The number of nitrogens with zero attached hydrogens (tertiary/aromatic N) is 2. The Bertz CT molecular complexity index is 686. The number of methoxy groups -OCH3 is 1. The lowest BCUT2D eigenvalue weighted by molar-refractivity contribution is 0.0244. The minimum Gasteiger partial charge on any atom is -0.491 e. The van der Waals surface area contributed by atoms with E-state index in [9.17, 15) is 9.59 Å². The Morgan fingerprint density at radius 2 is 2.00 bits per heavy atom. The molecule has 2 rings (SSSR count). The van der Waals surface area contributed by atoms with Crippen LogP contribution in [0, 0.1) is 5.92 Å². The molecule has 1 aromatic carbocycles. The number of rotatable bonds is 7. The molecule has 29 heavy (non-hydrogen) atoms. The van der Waals surface area contributed by atoms with E-state index in [1.165, 1.54) is 0 Å². The van der Waals surface area contributed by atoms with Gasteiger partial charge in [0, 0.05) is 39.4 Å². The number of likely N-dealkylation sites (tertiary alicyclic amines) is 1. The second-order valence-corrected chi connectivity index (χ2v) is 8.49. The lowest BCUT2D eigenvalue weighted by Crippen LogP contribution is -2.45. The summed E-state index contributed by atoms with van der Waals surface area (Å²) in [6.07, 6.45) is 1.57. The largest absolute Gasteiger partial charge is 0.491 e. The van der Waals surface area contributed by atoms with Crippen molar-refractivity contribution in [1.29, 1.82) is 0 Å². The molecule has 1 atom stereocenters. The van der Waals surface area contributed by atoms with Gasteiger partial charge in [0.05, 0.1) is 6.61 Å². The van der Waals surface area contributed by atoms with Gasteiger partial charge >= 0.3 is 6.09 Å². The van der Waals surface area contributed by atoms with Crippen molar-refractivity contribution < 1.29 is 23.8 Å². The van der Waals surface area contributed by atoms with Gasteiger partial charge in [-0.25, -0.2) is 4.79 Å². The topological polar surface area (TPSA) is 68.3 Å². The van der Waals surface area contributed by atoms with E-state index in [0.29, 0.717) is 37.6 Å². The number of carbonyl (C=O) groups excluding carboxylic acids is 2. The zero-order valence-electron chi connectivity index (χ0n) is 18.3. The van der Waals surface area contributed by atoms with Gasteiger partial charge in [0.1, 0.15) is 18.0 Å². The fraction of sp³-hybridized carbons (Fsp3) is 0.636. The fourth-order valence-corrected chi connectivity index (χ4v) is 3.34. The van der Waals surface area contributed by atoms with E-state index in [4.69, 9.17) is 14.2 Å². The summed E-state index contributed by atoms with van der Waals surface area (Å²) in [4.78, 5) is 28.7. The van der Waals surface area contributed by atoms with Gasteiger partial charge in [-0.2, -0.15) is 0 Å². The zero-order chi connectivity index (χ0) is 21.4. The smallest absolute Gasteiger partial charge is 0.410 e. The predicted octanol–water partition coefficient (Wildman–Crippen LogP) is 3.43. The molecule has 1 aliphatic heterocycles. The first-order valence-corrected chi connectivity index (χ1v) is 10.1. The molecule has 0 aromatic heterocycles. The van der Waals surface area contributed by atoms with Crippen LogP contribution in [0.3, 0.4) is 0 Å². The Morgan fingerprint density at radius 1 is 1.24 bits per heavy atom. The maximum atomic E-state index is 13.0. The molecule has 1 aromatic rings. The van der Waals surface area contributed by atoms with Crippen LogP contribution in [0.2, 0.25) is 0 Å². The van der Waals surface area contributed by atoms with Crippen LogP contribution >= 0.6 is 0 Å². The van der Waals surface area contributed by atoms with Crippen molar-refractivity contribution in [3.63, 3.8) is 0 Å². The maximum Gasteiger partial charge on any atom is 0.410 e. The third-order valence-electron chi connectivity index (χ3n) is 4.68. The van der Waals surface area contributed by atoms with Gasteiger partial charge in [-0.1, -0.05) is 6.07 Å². The number of amides is 2. The average molecular weight is 407 g/mol. The highest BCUT2D eigenvalue weighted by molar-refractivity contribution is 5.94. The number of hydrogen-bond acceptors (Lipinski definition) is 5. The molecule has 7 nitrogen and oxygen atoms in total. The summed E-state index contributed by atoms with van der Waals surface area (Å²) < 4.78 is 16.0. The first kappa shape index (κ1) is 23.0. The van der Waals surface area contributed by atoms with Gasteiger partial charge in [0.2, 0.25) is 0 Å². The van der Waals surface area contributed by atoms with E-state index in [1.807, 2.05) is 43.9 Å². The van der Waals surface area contributed by atoms with Crippen molar-refractivity contribution in [2.75, 3.05) is 47.0 Å². The Morgan fingerprint density at radius 3 is 2.69 bits per heavy atom. The van der Waals surface area contributed by atoms with Crippen LogP contribution in [0.1, 0.15) is 44.0 Å². The summed E-state index contributed by atoms with van der Waals surface area (Å²) in [5, 5.41) is 0. The second kappa shape index (κ2) is 10.5. The summed E-state index contributed by atoms with van der Waals surface area (Å²) >= 11 is 0. The van der Waals surface area contributed by atoms with Crippen molar-refractivity contribution in [2.24, 2.45) is 5.92 Å². The Labute approximate surface area is 173 Å². The van der Waals surface area contributed by atoms with Crippen molar-refractivity contribution in [3.05, 3.63) is 29.8 Å². The first-order chi connectivity index (χ1) is 13.7. The Hall–Kier alpha value is -2.28. The predicted molar refractivity (Wildman–Crippen MR) is 111 cm³/mol. The highest BCUT2D eigenvalue weighted by Gasteiger charge is 2.28. The number of hydrogen-bond donors (Lipinski definition) is 0. The number of ether oxygens (including phenoxy) is 3.